The van der Waals surface area contributed by atoms with E-state index >= 15 is 0 Å². The smallest absolute Gasteiger partial charge is 0.143 e. The molecule has 2 aromatic heterocycles. The summed E-state index contributed by atoms with van der Waals surface area (Å²) in [6.07, 6.45) is 0. The molecular weight excluding hydrogens is 837 g/mol. The summed E-state index contributed by atoms with van der Waals surface area (Å²) >= 11 is 0. The maximum atomic E-state index is 6.50. The number of para-hydroxylation sites is 4. The first-order chi connectivity index (χ1) is 34.2. The van der Waals surface area contributed by atoms with E-state index in [0.717, 1.165) is 66.9 Å². The van der Waals surface area contributed by atoms with E-state index in [0.29, 0.717) is 0 Å². The lowest BCUT2D eigenvalue weighted by Crippen LogP contribution is -2.10. The number of rotatable bonds is 7. The predicted octanol–water partition coefficient (Wildman–Crippen LogP) is 18.6. The van der Waals surface area contributed by atoms with Gasteiger partial charge in [-0.05, 0) is 115 Å². The number of hydrogen-bond donors (Lipinski definition) is 0. The molecule has 0 fully saturated rings. The first-order valence-corrected chi connectivity index (χ1v) is 23.7. The van der Waals surface area contributed by atoms with E-state index in [1.807, 2.05) is 12.1 Å². The van der Waals surface area contributed by atoms with Crippen LogP contribution in [-0.4, -0.2) is 4.57 Å². The molecule has 0 saturated heterocycles. The van der Waals surface area contributed by atoms with E-state index in [1.165, 1.54) is 65.3 Å². The summed E-state index contributed by atoms with van der Waals surface area (Å²) in [7, 11) is 0. The molecule has 2 heterocycles. The molecule has 3 nitrogen and oxygen atoms in total. The van der Waals surface area contributed by atoms with Gasteiger partial charge in [0.2, 0.25) is 0 Å². The highest BCUT2D eigenvalue weighted by atomic mass is 16.3. The lowest BCUT2D eigenvalue weighted by atomic mass is 9.94. The van der Waals surface area contributed by atoms with Gasteiger partial charge in [-0.1, -0.05) is 194 Å². The van der Waals surface area contributed by atoms with Crippen LogP contribution in [-0.2, 0) is 0 Å². The van der Waals surface area contributed by atoms with E-state index in [-0.39, 0.29) is 0 Å². The van der Waals surface area contributed by atoms with Gasteiger partial charge >= 0.3 is 0 Å². The minimum absolute atomic E-state index is 0.900. The molecule has 322 valence electrons. The molecule has 3 heteroatoms. The zero-order chi connectivity index (χ0) is 45.4. The van der Waals surface area contributed by atoms with Crippen LogP contribution in [0.2, 0.25) is 0 Å². The van der Waals surface area contributed by atoms with Crippen molar-refractivity contribution in [3.63, 3.8) is 0 Å². The van der Waals surface area contributed by atoms with Crippen LogP contribution in [0.3, 0.4) is 0 Å². The molecular formula is C66H42N2O. The minimum Gasteiger partial charge on any atom is -0.455 e. The van der Waals surface area contributed by atoms with E-state index in [9.17, 15) is 0 Å². The molecule has 0 radical (unpaired) electrons. The van der Waals surface area contributed by atoms with Crippen molar-refractivity contribution in [1.82, 2.24) is 4.57 Å². The van der Waals surface area contributed by atoms with Crippen LogP contribution in [0, 0.1) is 0 Å². The fraction of sp³-hybridized carbons (Fsp3) is 0. The third kappa shape index (κ3) is 6.29. The number of fused-ring (bicyclic) bond motifs is 12. The van der Waals surface area contributed by atoms with Crippen molar-refractivity contribution in [3.05, 3.63) is 255 Å². The number of furan rings is 1. The zero-order valence-electron chi connectivity index (χ0n) is 37.6. The van der Waals surface area contributed by atoms with Gasteiger partial charge in [-0.15, -0.1) is 0 Å². The minimum atomic E-state index is 0.900. The average molecular weight is 879 g/mol. The molecule has 0 spiro atoms. The lowest BCUT2D eigenvalue weighted by molar-refractivity contribution is 0.670. The van der Waals surface area contributed by atoms with Crippen molar-refractivity contribution in [3.8, 4) is 39.1 Å². The Labute approximate surface area is 399 Å². The molecule has 0 amide bonds. The van der Waals surface area contributed by atoms with Crippen molar-refractivity contribution >= 4 is 93.1 Å². The fourth-order valence-corrected chi connectivity index (χ4v) is 11.0. The quantitative estimate of drug-likeness (QED) is 0.149. The number of anilines is 3. The van der Waals surface area contributed by atoms with Gasteiger partial charge < -0.3 is 13.9 Å². The van der Waals surface area contributed by atoms with Gasteiger partial charge in [-0.2, -0.15) is 0 Å². The summed E-state index contributed by atoms with van der Waals surface area (Å²) in [6.45, 7) is 0. The van der Waals surface area contributed by atoms with Gasteiger partial charge in [-0.25, -0.2) is 0 Å². The van der Waals surface area contributed by atoms with Crippen molar-refractivity contribution in [2.24, 2.45) is 0 Å². The fourth-order valence-electron chi connectivity index (χ4n) is 11.0. The molecule has 14 rings (SSSR count). The Morgan fingerprint density at radius 2 is 0.754 bits per heavy atom. The molecule has 0 aliphatic carbocycles. The van der Waals surface area contributed by atoms with Gasteiger partial charge in [0.15, 0.2) is 0 Å². The summed E-state index contributed by atoms with van der Waals surface area (Å²) in [6, 6.07) is 92.5. The zero-order valence-corrected chi connectivity index (χ0v) is 37.6. The molecule has 0 bridgehead atoms. The Morgan fingerprint density at radius 3 is 1.39 bits per heavy atom. The summed E-state index contributed by atoms with van der Waals surface area (Å²) in [5.74, 6) is 0. The molecule has 0 N–H and O–H groups in total. The standard InChI is InChI=1S/C66H42N2O/c1-2-15-43(16-3-1)46-33-39-50(64(41-46)68-62-26-11-8-21-57(62)58-22-9-12-27-63(58)68)44-29-34-47(35-30-44)67(49-38-40-56-54-19-5-4-17-52(54)53-18-6-7-20-55(53)61(56)42-49)48-36-31-45(32-37-48)51-24-14-25-60-59-23-10-13-28-65(59)69-66(51)60/h1-42H. The van der Waals surface area contributed by atoms with Crippen molar-refractivity contribution in [2.45, 2.75) is 0 Å². The molecule has 0 aliphatic heterocycles. The van der Waals surface area contributed by atoms with E-state index < -0.39 is 0 Å². The molecule has 0 unspecified atom stereocenters. The summed E-state index contributed by atoms with van der Waals surface area (Å²) < 4.78 is 8.95. The molecule has 0 aliphatic rings. The maximum Gasteiger partial charge on any atom is 0.143 e. The largest absolute Gasteiger partial charge is 0.455 e. The topological polar surface area (TPSA) is 21.3 Å². The Hall–Kier alpha value is -9.18. The summed E-state index contributed by atoms with van der Waals surface area (Å²) in [4.78, 5) is 2.39. The van der Waals surface area contributed by atoms with Crippen LogP contribution >= 0.6 is 0 Å². The predicted molar refractivity (Wildman–Crippen MR) is 292 cm³/mol. The van der Waals surface area contributed by atoms with E-state index in [4.69, 9.17) is 4.42 Å². The van der Waals surface area contributed by atoms with Gasteiger partial charge in [0, 0.05) is 49.7 Å². The van der Waals surface area contributed by atoms with E-state index in [2.05, 4.69) is 252 Å². The normalized spacial score (nSPS) is 11.8. The highest BCUT2D eigenvalue weighted by Gasteiger charge is 2.20. The highest BCUT2D eigenvalue weighted by molar-refractivity contribution is 6.26. The third-order valence-corrected chi connectivity index (χ3v) is 14.2. The molecule has 12 aromatic carbocycles. The Kier molecular flexibility index (Phi) is 8.90. The Bertz CT molecular complexity index is 4210. The number of benzene rings is 12. The molecule has 0 saturated carbocycles. The maximum absolute atomic E-state index is 6.50. The van der Waals surface area contributed by atoms with Gasteiger partial charge in [0.05, 0.1) is 16.7 Å². The summed E-state index contributed by atoms with van der Waals surface area (Å²) in [5, 5.41) is 12.2. The van der Waals surface area contributed by atoms with Crippen LogP contribution in [0.5, 0.6) is 0 Å². The summed E-state index contributed by atoms with van der Waals surface area (Å²) in [5.41, 5.74) is 15.4. The first kappa shape index (κ1) is 39.0. The molecule has 69 heavy (non-hydrogen) atoms. The Balaban J connectivity index is 0.942. The van der Waals surface area contributed by atoms with Crippen LogP contribution in [0.25, 0.3) is 115 Å². The monoisotopic (exact) mass is 878 g/mol. The van der Waals surface area contributed by atoms with Crippen LogP contribution in [0.4, 0.5) is 17.1 Å². The molecule has 0 atom stereocenters. The van der Waals surface area contributed by atoms with Crippen molar-refractivity contribution < 1.29 is 4.42 Å². The van der Waals surface area contributed by atoms with Gasteiger partial charge in [0.1, 0.15) is 11.2 Å². The lowest BCUT2D eigenvalue weighted by Gasteiger charge is -2.27. The van der Waals surface area contributed by atoms with Crippen molar-refractivity contribution in [1.29, 1.82) is 0 Å². The van der Waals surface area contributed by atoms with Crippen LogP contribution in [0.15, 0.2) is 259 Å². The molecule has 14 aromatic rings. The van der Waals surface area contributed by atoms with Crippen LogP contribution in [0.1, 0.15) is 0 Å². The second-order valence-corrected chi connectivity index (χ2v) is 18.0. The van der Waals surface area contributed by atoms with Crippen molar-refractivity contribution in [2.75, 3.05) is 4.90 Å². The van der Waals surface area contributed by atoms with Gasteiger partial charge in [0.25, 0.3) is 0 Å². The third-order valence-electron chi connectivity index (χ3n) is 14.2. The highest BCUT2D eigenvalue weighted by Crippen LogP contribution is 2.44. The van der Waals surface area contributed by atoms with Gasteiger partial charge in [-0.3, -0.25) is 0 Å². The first-order valence-electron chi connectivity index (χ1n) is 23.7. The number of hydrogen-bond acceptors (Lipinski definition) is 2. The van der Waals surface area contributed by atoms with E-state index in [1.54, 1.807) is 0 Å². The second-order valence-electron chi connectivity index (χ2n) is 18.0. The van der Waals surface area contributed by atoms with Crippen LogP contribution < -0.4 is 4.90 Å². The SMILES string of the molecule is c1ccc(-c2ccc(-c3ccc(N(c4ccc(-c5cccc6c5oc5ccccc56)cc4)c4ccc5c6ccccc6c6ccccc6c5c4)cc3)c(-n3c4ccccc4c4ccccc43)c2)cc1. The average Bonchev–Trinajstić information content (AvgIpc) is 3.98. The second kappa shape index (κ2) is 15.7. The number of aromatic nitrogens is 1. The number of nitrogens with zero attached hydrogens (tertiary/aromatic N) is 2. The Morgan fingerprint density at radius 1 is 0.275 bits per heavy atom.